The molecule has 1 unspecified atom stereocenters. The van der Waals surface area contributed by atoms with Crippen molar-refractivity contribution in [2.24, 2.45) is 0 Å². The van der Waals surface area contributed by atoms with Crippen molar-refractivity contribution in [2.75, 3.05) is 11.4 Å². The maximum Gasteiger partial charge on any atom is 0.379 e. The Morgan fingerprint density at radius 2 is 1.93 bits per heavy atom. The number of aliphatic hydroxyl groups excluding tert-OH is 1. The maximum absolute atomic E-state index is 14.4. The van der Waals surface area contributed by atoms with Crippen molar-refractivity contribution in [1.82, 2.24) is 0 Å². The Kier molecular flexibility index (Phi) is 4.00. The Balaban J connectivity index is 1.93. The van der Waals surface area contributed by atoms with Gasteiger partial charge < -0.3 is 10.0 Å². The zero-order chi connectivity index (χ0) is 19.7. The summed E-state index contributed by atoms with van der Waals surface area (Å²) in [5, 5.41) is 5.06. The van der Waals surface area contributed by atoms with Crippen molar-refractivity contribution in [3.63, 3.8) is 0 Å². The number of alkyl halides is 2. The lowest BCUT2D eigenvalue weighted by molar-refractivity contribution is -0.0374. The van der Waals surface area contributed by atoms with E-state index in [1.165, 1.54) is 17.0 Å². The summed E-state index contributed by atoms with van der Waals surface area (Å²) in [7, 11) is -5.09. The summed E-state index contributed by atoms with van der Waals surface area (Å²) < 4.78 is 79.8. The van der Waals surface area contributed by atoms with E-state index in [2.05, 4.69) is 0 Å². The number of benzene rings is 2. The van der Waals surface area contributed by atoms with Gasteiger partial charge in [0.1, 0.15) is 11.6 Å². The van der Waals surface area contributed by atoms with Gasteiger partial charge in [-0.1, -0.05) is 11.6 Å². The number of aryl methyl sites for hydroxylation is 1. The molecule has 0 aliphatic carbocycles. The van der Waals surface area contributed by atoms with E-state index < -0.39 is 48.3 Å². The van der Waals surface area contributed by atoms with Crippen LogP contribution in [-0.4, -0.2) is 25.3 Å². The van der Waals surface area contributed by atoms with Gasteiger partial charge in [0.2, 0.25) is 9.84 Å². The van der Waals surface area contributed by atoms with Crippen LogP contribution in [0.5, 0.6) is 0 Å². The highest BCUT2D eigenvalue weighted by Crippen LogP contribution is 2.54. The lowest BCUT2D eigenvalue weighted by Gasteiger charge is -2.32. The van der Waals surface area contributed by atoms with E-state index >= 15 is 0 Å². The number of halogens is 5. The molecule has 0 radical (unpaired) electrons. The van der Waals surface area contributed by atoms with Gasteiger partial charge >= 0.3 is 5.25 Å². The van der Waals surface area contributed by atoms with E-state index in [0.29, 0.717) is 24.5 Å². The number of rotatable bonds is 1. The zero-order valence-corrected chi connectivity index (χ0v) is 15.1. The van der Waals surface area contributed by atoms with Crippen molar-refractivity contribution in [2.45, 2.75) is 29.1 Å². The highest BCUT2D eigenvalue weighted by atomic mass is 35.5. The second-order valence-corrected chi connectivity index (χ2v) is 8.80. The first kappa shape index (κ1) is 18.5. The average molecular weight is 422 g/mol. The second-order valence-electron chi connectivity index (χ2n) is 6.43. The SMILES string of the molecule is O=S1(=O)c2ccc(N3CCCc4cc(F)cc(F)c43)c(Cl)c2C(O)C1(F)F. The van der Waals surface area contributed by atoms with E-state index in [9.17, 15) is 31.1 Å². The molecule has 2 aromatic carbocycles. The number of hydrogen-bond acceptors (Lipinski definition) is 4. The first-order chi connectivity index (χ1) is 12.6. The summed E-state index contributed by atoms with van der Waals surface area (Å²) in [6.45, 7) is 0.257. The van der Waals surface area contributed by atoms with E-state index in [1.54, 1.807) is 0 Å². The van der Waals surface area contributed by atoms with Gasteiger partial charge in [-0.25, -0.2) is 17.2 Å². The van der Waals surface area contributed by atoms with Gasteiger partial charge in [0.15, 0.2) is 6.10 Å². The lowest BCUT2D eigenvalue weighted by Crippen LogP contribution is -2.28. The van der Waals surface area contributed by atoms with Gasteiger partial charge in [-0.05, 0) is 36.6 Å². The van der Waals surface area contributed by atoms with Gasteiger partial charge in [0, 0.05) is 18.2 Å². The van der Waals surface area contributed by atoms with Crippen molar-refractivity contribution in [3.05, 3.63) is 52.0 Å². The molecule has 1 atom stereocenters. The summed E-state index contributed by atoms with van der Waals surface area (Å²) in [6.07, 6.45) is -1.70. The topological polar surface area (TPSA) is 57.6 Å². The smallest absolute Gasteiger partial charge is 0.379 e. The fourth-order valence-electron chi connectivity index (χ4n) is 3.62. The number of sulfone groups is 1. The van der Waals surface area contributed by atoms with Crippen molar-refractivity contribution < 1.29 is 31.1 Å². The van der Waals surface area contributed by atoms with Crippen LogP contribution in [-0.2, 0) is 16.3 Å². The van der Waals surface area contributed by atoms with Crippen LogP contribution in [0.4, 0.5) is 28.9 Å². The van der Waals surface area contributed by atoms with E-state index in [1.807, 2.05) is 0 Å². The minimum atomic E-state index is -5.09. The number of nitrogens with zero attached hydrogens (tertiary/aromatic N) is 1. The quantitative estimate of drug-likeness (QED) is 0.704. The second kappa shape index (κ2) is 5.83. The average Bonchev–Trinajstić information content (AvgIpc) is 2.72. The van der Waals surface area contributed by atoms with Gasteiger partial charge in [-0.3, -0.25) is 0 Å². The number of hydrogen-bond donors (Lipinski definition) is 1. The molecule has 27 heavy (non-hydrogen) atoms. The molecular weight excluding hydrogens is 410 g/mol. The van der Waals surface area contributed by atoms with Crippen molar-refractivity contribution >= 4 is 32.8 Å². The highest BCUT2D eigenvalue weighted by Gasteiger charge is 2.61. The van der Waals surface area contributed by atoms with Gasteiger partial charge in [-0.2, -0.15) is 8.78 Å². The first-order valence-corrected chi connectivity index (χ1v) is 9.82. The third-order valence-electron chi connectivity index (χ3n) is 4.85. The molecule has 2 aromatic rings. The minimum absolute atomic E-state index is 0.0478. The Morgan fingerprint density at radius 1 is 1.22 bits per heavy atom. The van der Waals surface area contributed by atoms with Crippen LogP contribution in [0, 0.1) is 11.6 Å². The summed E-state index contributed by atoms with van der Waals surface area (Å²) >= 11 is 6.19. The Bertz CT molecular complexity index is 1070. The molecule has 144 valence electrons. The van der Waals surface area contributed by atoms with Crippen LogP contribution in [0.25, 0.3) is 0 Å². The lowest BCUT2D eigenvalue weighted by atomic mass is 9.99. The fraction of sp³-hybridized carbons (Fsp3) is 0.294. The van der Waals surface area contributed by atoms with Crippen LogP contribution in [0.3, 0.4) is 0 Å². The summed E-state index contributed by atoms with van der Waals surface area (Å²) in [4.78, 5) is 0.622. The van der Waals surface area contributed by atoms with Crippen LogP contribution in [0.1, 0.15) is 23.7 Å². The van der Waals surface area contributed by atoms with Crippen molar-refractivity contribution in [3.8, 4) is 0 Å². The summed E-state index contributed by atoms with van der Waals surface area (Å²) in [5.41, 5.74) is -0.122. The normalized spacial score (nSPS) is 22.4. The van der Waals surface area contributed by atoms with Crippen LogP contribution >= 0.6 is 11.6 Å². The van der Waals surface area contributed by atoms with Gasteiger partial charge in [-0.15, -0.1) is 0 Å². The molecule has 4 nitrogen and oxygen atoms in total. The standard InChI is InChI=1S/C17H12ClF4NO3S/c18-14-11(3-4-12-13(14)16(24)17(21,22)27(12,25)26)23-5-1-2-8-6-9(19)7-10(20)15(8)23/h3-4,6-7,16,24H,1-2,5H2. The molecule has 0 aromatic heterocycles. The van der Waals surface area contributed by atoms with Crippen LogP contribution < -0.4 is 4.90 Å². The molecule has 4 rings (SSSR count). The Morgan fingerprint density at radius 3 is 2.63 bits per heavy atom. The molecule has 0 spiro atoms. The minimum Gasteiger partial charge on any atom is -0.381 e. The van der Waals surface area contributed by atoms with E-state index in [0.717, 1.165) is 6.07 Å². The molecular formula is C17H12ClF4NO3S. The molecule has 2 aliphatic rings. The van der Waals surface area contributed by atoms with Crippen molar-refractivity contribution in [1.29, 1.82) is 0 Å². The first-order valence-electron chi connectivity index (χ1n) is 7.95. The molecule has 0 fully saturated rings. The molecule has 0 bridgehead atoms. The largest absolute Gasteiger partial charge is 0.381 e. The van der Waals surface area contributed by atoms with Gasteiger partial charge in [0.05, 0.1) is 21.3 Å². The number of fused-ring (bicyclic) bond motifs is 2. The van der Waals surface area contributed by atoms with Gasteiger partial charge in [0.25, 0.3) is 0 Å². The summed E-state index contributed by atoms with van der Waals surface area (Å²) in [6, 6.07) is 3.99. The molecule has 2 aliphatic heterocycles. The predicted octanol–water partition coefficient (Wildman–Crippen LogP) is 4.12. The predicted molar refractivity (Wildman–Crippen MR) is 90.2 cm³/mol. The summed E-state index contributed by atoms with van der Waals surface area (Å²) in [5.74, 6) is -1.59. The maximum atomic E-state index is 14.4. The molecule has 10 heteroatoms. The Hall–Kier alpha value is -1.84. The van der Waals surface area contributed by atoms with Crippen LogP contribution in [0.15, 0.2) is 29.2 Å². The fourth-order valence-corrected chi connectivity index (χ4v) is 5.50. The highest BCUT2D eigenvalue weighted by molar-refractivity contribution is 7.92. The van der Waals surface area contributed by atoms with E-state index in [-0.39, 0.29) is 17.9 Å². The zero-order valence-electron chi connectivity index (χ0n) is 13.5. The number of aliphatic hydroxyl groups is 1. The number of anilines is 2. The third-order valence-corrected chi connectivity index (χ3v) is 7.13. The van der Waals surface area contributed by atoms with E-state index in [4.69, 9.17) is 11.6 Å². The molecule has 0 amide bonds. The molecule has 2 heterocycles. The molecule has 0 saturated heterocycles. The monoisotopic (exact) mass is 421 g/mol. The third kappa shape index (κ3) is 2.41. The molecule has 0 saturated carbocycles. The molecule has 1 N–H and O–H groups in total. The Labute approximate surface area is 156 Å². The van der Waals surface area contributed by atoms with Crippen LogP contribution in [0.2, 0.25) is 5.02 Å².